The van der Waals surface area contributed by atoms with Crippen molar-refractivity contribution >= 4 is 22.7 Å². The molecule has 0 saturated carbocycles. The molecular formula is C27H24FN3O2. The molecule has 0 aliphatic carbocycles. The van der Waals surface area contributed by atoms with Crippen LogP contribution in [-0.2, 0) is 24.4 Å². The van der Waals surface area contributed by atoms with Gasteiger partial charge in [-0.2, -0.15) is 0 Å². The van der Waals surface area contributed by atoms with E-state index in [0.717, 1.165) is 16.5 Å². The van der Waals surface area contributed by atoms with Crippen LogP contribution in [-0.4, -0.2) is 26.8 Å². The summed E-state index contributed by atoms with van der Waals surface area (Å²) in [5.41, 5.74) is 1.53. The minimum absolute atomic E-state index is 0.00227. The highest BCUT2D eigenvalue weighted by Gasteiger charge is 2.47. The first-order chi connectivity index (χ1) is 16.0. The van der Waals surface area contributed by atoms with Gasteiger partial charge in [-0.25, -0.2) is 4.39 Å². The van der Waals surface area contributed by atoms with Crippen LogP contribution in [0, 0.1) is 5.82 Å². The van der Waals surface area contributed by atoms with E-state index in [9.17, 15) is 14.0 Å². The molecule has 0 bridgehead atoms. The molecule has 0 saturated heterocycles. The van der Waals surface area contributed by atoms with E-state index in [4.69, 9.17) is 0 Å². The Kier molecular flexibility index (Phi) is 5.21. The molecule has 0 fully saturated rings. The maximum absolute atomic E-state index is 14.5. The van der Waals surface area contributed by atoms with E-state index >= 15 is 0 Å². The van der Waals surface area contributed by atoms with Crippen LogP contribution in [0.25, 0.3) is 10.9 Å². The lowest BCUT2D eigenvalue weighted by Crippen LogP contribution is -2.63. The van der Waals surface area contributed by atoms with Crippen molar-refractivity contribution < 1.29 is 14.0 Å². The number of amides is 2. The number of fused-ring (bicyclic) bond motifs is 3. The molecule has 1 aliphatic rings. The standard InChI is InChI=1S/C27H24FN3O2/c1-27(26(33)29-16-19-9-3-2-4-10-19)18-30-23-14-8-6-11-20(23)15-24(30)25(32)31(27)17-21-12-5-7-13-22(21)28/h2-15H,16-18H2,1H3,(H,29,33)/t27-/m0/s1. The molecule has 2 amide bonds. The number of carbonyl (C=O) groups excluding carboxylic acids is 2. The summed E-state index contributed by atoms with van der Waals surface area (Å²) in [4.78, 5) is 28.8. The van der Waals surface area contributed by atoms with Crippen LogP contribution in [0.1, 0.15) is 28.5 Å². The molecule has 3 aromatic carbocycles. The Labute approximate surface area is 191 Å². The third-order valence-corrected chi connectivity index (χ3v) is 6.41. The quantitative estimate of drug-likeness (QED) is 0.495. The molecule has 2 heterocycles. The van der Waals surface area contributed by atoms with Crippen LogP contribution in [0.2, 0.25) is 0 Å². The van der Waals surface area contributed by atoms with E-state index in [2.05, 4.69) is 5.32 Å². The number of hydrogen-bond acceptors (Lipinski definition) is 2. The van der Waals surface area contributed by atoms with Gasteiger partial charge < -0.3 is 14.8 Å². The van der Waals surface area contributed by atoms with Crippen LogP contribution in [0.3, 0.4) is 0 Å². The third kappa shape index (κ3) is 3.67. The van der Waals surface area contributed by atoms with Crippen LogP contribution in [0.15, 0.2) is 84.9 Å². The Morgan fingerprint density at radius 2 is 1.70 bits per heavy atom. The lowest BCUT2D eigenvalue weighted by molar-refractivity contribution is -0.133. The van der Waals surface area contributed by atoms with E-state index in [1.807, 2.05) is 65.2 Å². The largest absolute Gasteiger partial charge is 0.350 e. The van der Waals surface area contributed by atoms with Gasteiger partial charge in [0.05, 0.1) is 13.1 Å². The fourth-order valence-corrected chi connectivity index (χ4v) is 4.52. The fourth-order valence-electron chi connectivity index (χ4n) is 4.52. The van der Waals surface area contributed by atoms with Crippen molar-refractivity contribution in [1.82, 2.24) is 14.8 Å². The molecule has 33 heavy (non-hydrogen) atoms. The molecule has 1 atom stereocenters. The minimum Gasteiger partial charge on any atom is -0.350 e. The summed E-state index contributed by atoms with van der Waals surface area (Å²) < 4.78 is 16.4. The van der Waals surface area contributed by atoms with Crippen molar-refractivity contribution in [2.24, 2.45) is 0 Å². The number of para-hydroxylation sites is 1. The highest BCUT2D eigenvalue weighted by atomic mass is 19.1. The minimum atomic E-state index is -1.21. The highest BCUT2D eigenvalue weighted by Crippen LogP contribution is 2.33. The molecule has 1 N–H and O–H groups in total. The van der Waals surface area contributed by atoms with Gasteiger partial charge in [0, 0.05) is 23.0 Å². The summed E-state index contributed by atoms with van der Waals surface area (Å²) in [5, 5.41) is 3.92. The fraction of sp³-hybridized carbons (Fsp3) is 0.185. The summed E-state index contributed by atoms with van der Waals surface area (Å²) >= 11 is 0. The molecule has 0 spiro atoms. The summed E-state index contributed by atoms with van der Waals surface area (Å²) in [5.74, 6) is -0.971. The first-order valence-corrected chi connectivity index (χ1v) is 10.9. The first kappa shape index (κ1) is 20.9. The van der Waals surface area contributed by atoms with Crippen LogP contribution in [0.4, 0.5) is 4.39 Å². The Bertz CT molecular complexity index is 1350. The van der Waals surface area contributed by atoms with E-state index < -0.39 is 11.4 Å². The zero-order chi connectivity index (χ0) is 23.0. The van der Waals surface area contributed by atoms with Gasteiger partial charge in [0.25, 0.3) is 5.91 Å². The number of aromatic nitrogens is 1. The van der Waals surface area contributed by atoms with Gasteiger partial charge in [0.15, 0.2) is 0 Å². The number of halogens is 1. The molecule has 5 nitrogen and oxygen atoms in total. The summed E-state index contributed by atoms with van der Waals surface area (Å²) in [7, 11) is 0. The molecule has 6 heteroatoms. The smallest absolute Gasteiger partial charge is 0.271 e. The van der Waals surface area contributed by atoms with Crippen LogP contribution in [0.5, 0.6) is 0 Å². The van der Waals surface area contributed by atoms with Crippen molar-refractivity contribution in [3.8, 4) is 0 Å². The van der Waals surface area contributed by atoms with Gasteiger partial charge in [-0.05, 0) is 30.7 Å². The second kappa shape index (κ2) is 8.20. The van der Waals surface area contributed by atoms with Gasteiger partial charge in [-0.1, -0.05) is 66.7 Å². The summed E-state index contributed by atoms with van der Waals surface area (Å²) in [6.45, 7) is 2.37. The van der Waals surface area contributed by atoms with Crippen LogP contribution >= 0.6 is 0 Å². The normalized spacial score (nSPS) is 17.8. The average molecular weight is 442 g/mol. The van der Waals surface area contributed by atoms with Crippen molar-refractivity contribution in [3.63, 3.8) is 0 Å². The van der Waals surface area contributed by atoms with Gasteiger partial charge in [0.2, 0.25) is 5.91 Å². The number of benzene rings is 3. The number of nitrogens with one attached hydrogen (secondary N) is 1. The predicted octanol–water partition coefficient (Wildman–Crippen LogP) is 4.51. The van der Waals surface area contributed by atoms with Gasteiger partial charge in [-0.3, -0.25) is 9.59 Å². The van der Waals surface area contributed by atoms with E-state index in [1.54, 1.807) is 25.1 Å². The van der Waals surface area contributed by atoms with Gasteiger partial charge in [-0.15, -0.1) is 0 Å². The number of rotatable bonds is 5. The van der Waals surface area contributed by atoms with E-state index in [0.29, 0.717) is 17.8 Å². The maximum Gasteiger partial charge on any atom is 0.271 e. The lowest BCUT2D eigenvalue weighted by Gasteiger charge is -2.44. The summed E-state index contributed by atoms with van der Waals surface area (Å²) in [6.07, 6.45) is 0. The van der Waals surface area contributed by atoms with Crippen molar-refractivity contribution in [2.75, 3.05) is 0 Å². The Morgan fingerprint density at radius 3 is 2.48 bits per heavy atom. The van der Waals surface area contributed by atoms with E-state index in [1.165, 1.54) is 11.0 Å². The van der Waals surface area contributed by atoms with Crippen molar-refractivity contribution in [3.05, 3.63) is 108 Å². The lowest BCUT2D eigenvalue weighted by atomic mass is 9.93. The average Bonchev–Trinajstić information content (AvgIpc) is 3.20. The molecule has 166 valence electrons. The van der Waals surface area contributed by atoms with Gasteiger partial charge >= 0.3 is 0 Å². The Hall–Kier alpha value is -3.93. The number of hydrogen-bond donors (Lipinski definition) is 1. The first-order valence-electron chi connectivity index (χ1n) is 10.9. The van der Waals surface area contributed by atoms with E-state index in [-0.39, 0.29) is 24.9 Å². The second-order valence-electron chi connectivity index (χ2n) is 8.60. The molecular weight excluding hydrogens is 417 g/mol. The second-order valence-corrected chi connectivity index (χ2v) is 8.60. The zero-order valence-corrected chi connectivity index (χ0v) is 18.3. The molecule has 0 radical (unpaired) electrons. The van der Waals surface area contributed by atoms with Crippen molar-refractivity contribution in [2.45, 2.75) is 32.1 Å². The number of carbonyl (C=O) groups is 2. The molecule has 0 unspecified atom stereocenters. The highest BCUT2D eigenvalue weighted by molar-refractivity contribution is 6.03. The predicted molar refractivity (Wildman–Crippen MR) is 125 cm³/mol. The summed E-state index contributed by atoms with van der Waals surface area (Å²) in [6, 6.07) is 25.5. The van der Waals surface area contributed by atoms with Gasteiger partial charge in [0.1, 0.15) is 17.1 Å². The Balaban J connectivity index is 1.55. The Morgan fingerprint density at radius 1 is 1.00 bits per heavy atom. The SMILES string of the molecule is C[C@@]1(C(=O)NCc2ccccc2)Cn2c(cc3ccccc32)C(=O)N1Cc1ccccc1F. The van der Waals surface area contributed by atoms with Crippen LogP contribution < -0.4 is 5.32 Å². The van der Waals surface area contributed by atoms with Crippen molar-refractivity contribution in [1.29, 1.82) is 0 Å². The molecule has 4 aromatic rings. The molecule has 1 aromatic heterocycles. The topological polar surface area (TPSA) is 54.3 Å². The molecule has 1 aliphatic heterocycles. The molecule has 5 rings (SSSR count). The monoisotopic (exact) mass is 441 g/mol. The third-order valence-electron chi connectivity index (χ3n) is 6.41. The maximum atomic E-state index is 14.5. The number of nitrogens with zero attached hydrogens (tertiary/aromatic N) is 2. The zero-order valence-electron chi connectivity index (χ0n) is 18.3.